The Hall–Kier alpha value is -1.99. The van der Waals surface area contributed by atoms with Gasteiger partial charge in [0.1, 0.15) is 5.82 Å². The topological polar surface area (TPSA) is 71.3 Å². The van der Waals surface area contributed by atoms with Crippen molar-refractivity contribution in [3.05, 3.63) is 35.5 Å². The molecule has 0 saturated carbocycles. The van der Waals surface area contributed by atoms with Gasteiger partial charge in [0, 0.05) is 38.0 Å². The SMILES string of the molecule is Cc1cc(-c2noc(CCC(=O)N3CCCNCC3)n2)ccc1F.Cl. The summed E-state index contributed by atoms with van der Waals surface area (Å²) < 4.78 is 18.5. The molecule has 1 N–H and O–H groups in total. The highest BCUT2D eigenvalue weighted by Gasteiger charge is 2.17. The number of hydrogen-bond donors (Lipinski definition) is 1. The van der Waals surface area contributed by atoms with Crippen LogP contribution in [0.15, 0.2) is 22.7 Å². The molecule has 1 aromatic heterocycles. The number of carbonyl (C=O) groups excluding carboxylic acids is 1. The predicted molar refractivity (Wildman–Crippen MR) is 94.1 cm³/mol. The van der Waals surface area contributed by atoms with E-state index in [9.17, 15) is 9.18 Å². The molecule has 0 bridgehead atoms. The molecule has 0 aliphatic carbocycles. The molecular weight excluding hydrogens is 347 g/mol. The number of nitrogens with zero attached hydrogens (tertiary/aromatic N) is 3. The van der Waals surface area contributed by atoms with Crippen LogP contribution < -0.4 is 5.32 Å². The second-order valence-corrected chi connectivity index (χ2v) is 5.96. The smallest absolute Gasteiger partial charge is 0.227 e. The van der Waals surface area contributed by atoms with Gasteiger partial charge in [-0.1, -0.05) is 5.16 Å². The molecule has 1 amide bonds. The van der Waals surface area contributed by atoms with E-state index in [0.29, 0.717) is 35.7 Å². The molecule has 8 heteroatoms. The number of carbonyl (C=O) groups is 1. The largest absolute Gasteiger partial charge is 0.341 e. The van der Waals surface area contributed by atoms with Crippen molar-refractivity contribution in [3.8, 4) is 11.4 Å². The van der Waals surface area contributed by atoms with Gasteiger partial charge in [-0.3, -0.25) is 4.79 Å². The number of rotatable bonds is 4. The Morgan fingerprint density at radius 3 is 3.00 bits per heavy atom. The Morgan fingerprint density at radius 2 is 2.20 bits per heavy atom. The molecular formula is C17H22ClFN4O2. The number of halogens is 2. The molecule has 1 aromatic carbocycles. The molecule has 3 rings (SSSR count). The Morgan fingerprint density at radius 1 is 1.36 bits per heavy atom. The normalized spacial score (nSPS) is 14.7. The lowest BCUT2D eigenvalue weighted by atomic mass is 10.1. The summed E-state index contributed by atoms with van der Waals surface area (Å²) in [6, 6.07) is 4.68. The Kier molecular flexibility index (Phi) is 6.90. The van der Waals surface area contributed by atoms with E-state index in [4.69, 9.17) is 4.52 Å². The molecule has 0 radical (unpaired) electrons. The third kappa shape index (κ3) is 4.99. The van der Waals surface area contributed by atoms with E-state index in [1.54, 1.807) is 19.1 Å². The van der Waals surface area contributed by atoms with E-state index in [1.165, 1.54) is 6.07 Å². The zero-order valence-electron chi connectivity index (χ0n) is 14.1. The average Bonchev–Trinajstić information content (AvgIpc) is 2.88. The summed E-state index contributed by atoms with van der Waals surface area (Å²) in [4.78, 5) is 18.4. The summed E-state index contributed by atoms with van der Waals surface area (Å²) >= 11 is 0. The minimum atomic E-state index is -0.264. The van der Waals surface area contributed by atoms with Gasteiger partial charge in [-0.05, 0) is 43.7 Å². The van der Waals surface area contributed by atoms with Gasteiger partial charge in [-0.2, -0.15) is 4.98 Å². The van der Waals surface area contributed by atoms with Crippen LogP contribution in [0.2, 0.25) is 0 Å². The van der Waals surface area contributed by atoms with Crippen molar-refractivity contribution in [2.24, 2.45) is 0 Å². The molecule has 0 atom stereocenters. The fourth-order valence-corrected chi connectivity index (χ4v) is 2.72. The molecule has 6 nitrogen and oxygen atoms in total. The summed E-state index contributed by atoms with van der Waals surface area (Å²) in [5, 5.41) is 7.19. The minimum absolute atomic E-state index is 0. The quantitative estimate of drug-likeness (QED) is 0.897. The van der Waals surface area contributed by atoms with E-state index in [-0.39, 0.29) is 24.1 Å². The van der Waals surface area contributed by atoms with Gasteiger partial charge in [0.25, 0.3) is 0 Å². The summed E-state index contributed by atoms with van der Waals surface area (Å²) in [6.07, 6.45) is 1.74. The summed E-state index contributed by atoms with van der Waals surface area (Å²) in [7, 11) is 0. The van der Waals surface area contributed by atoms with E-state index in [2.05, 4.69) is 15.5 Å². The Labute approximate surface area is 152 Å². The lowest BCUT2D eigenvalue weighted by Gasteiger charge is -2.19. The second-order valence-electron chi connectivity index (χ2n) is 5.96. The highest BCUT2D eigenvalue weighted by atomic mass is 35.5. The van der Waals surface area contributed by atoms with Crippen molar-refractivity contribution in [1.29, 1.82) is 0 Å². The van der Waals surface area contributed by atoms with Gasteiger partial charge >= 0.3 is 0 Å². The predicted octanol–water partition coefficient (Wildman–Crippen LogP) is 2.36. The third-order valence-corrected chi connectivity index (χ3v) is 4.13. The monoisotopic (exact) mass is 368 g/mol. The highest BCUT2D eigenvalue weighted by Crippen LogP contribution is 2.19. The van der Waals surface area contributed by atoms with E-state index >= 15 is 0 Å². The van der Waals surface area contributed by atoms with E-state index in [1.807, 2.05) is 4.90 Å². The van der Waals surface area contributed by atoms with Crippen molar-refractivity contribution in [2.45, 2.75) is 26.2 Å². The van der Waals surface area contributed by atoms with Crippen LogP contribution >= 0.6 is 12.4 Å². The standard InChI is InChI=1S/C17H21FN4O2.ClH/c1-12-11-13(3-4-14(12)18)17-20-15(24-21-17)5-6-16(23)22-9-2-7-19-8-10-22;/h3-4,11,19H,2,5-10H2,1H3;1H. The zero-order chi connectivity index (χ0) is 16.9. The van der Waals surface area contributed by atoms with Gasteiger partial charge in [0.15, 0.2) is 0 Å². The van der Waals surface area contributed by atoms with Crippen molar-refractivity contribution < 1.29 is 13.7 Å². The highest BCUT2D eigenvalue weighted by molar-refractivity contribution is 5.85. The van der Waals surface area contributed by atoms with E-state index in [0.717, 1.165) is 32.6 Å². The Balaban J connectivity index is 0.00000225. The van der Waals surface area contributed by atoms with Crippen LogP contribution in [0.25, 0.3) is 11.4 Å². The fourth-order valence-electron chi connectivity index (χ4n) is 2.72. The first-order chi connectivity index (χ1) is 11.6. The van der Waals surface area contributed by atoms with Crippen LogP contribution in [0.1, 0.15) is 24.3 Å². The summed E-state index contributed by atoms with van der Waals surface area (Å²) in [5.74, 6) is 0.684. The van der Waals surface area contributed by atoms with Gasteiger partial charge in [-0.15, -0.1) is 12.4 Å². The number of aryl methyl sites for hydroxylation is 2. The maximum absolute atomic E-state index is 13.3. The average molecular weight is 369 g/mol. The first kappa shape index (κ1) is 19.3. The molecule has 1 aliphatic rings. The van der Waals surface area contributed by atoms with Gasteiger partial charge < -0.3 is 14.7 Å². The molecule has 2 heterocycles. The van der Waals surface area contributed by atoms with Crippen LogP contribution in [0.3, 0.4) is 0 Å². The van der Waals surface area contributed by atoms with E-state index < -0.39 is 0 Å². The van der Waals surface area contributed by atoms with Crippen LogP contribution in [0.4, 0.5) is 4.39 Å². The zero-order valence-corrected chi connectivity index (χ0v) is 14.9. The maximum atomic E-state index is 13.3. The first-order valence-electron chi connectivity index (χ1n) is 8.21. The number of amides is 1. The molecule has 1 saturated heterocycles. The molecule has 1 fully saturated rings. The first-order valence-corrected chi connectivity index (χ1v) is 8.21. The lowest BCUT2D eigenvalue weighted by Crippen LogP contribution is -2.34. The fraction of sp³-hybridized carbons (Fsp3) is 0.471. The molecule has 136 valence electrons. The molecule has 0 spiro atoms. The molecule has 25 heavy (non-hydrogen) atoms. The number of benzene rings is 1. The summed E-state index contributed by atoms with van der Waals surface area (Å²) in [5.41, 5.74) is 1.23. The summed E-state index contributed by atoms with van der Waals surface area (Å²) in [6.45, 7) is 5.00. The van der Waals surface area contributed by atoms with Crippen LogP contribution in [0, 0.1) is 12.7 Å². The maximum Gasteiger partial charge on any atom is 0.227 e. The third-order valence-electron chi connectivity index (χ3n) is 4.13. The van der Waals surface area contributed by atoms with Crippen molar-refractivity contribution >= 4 is 18.3 Å². The number of hydrogen-bond acceptors (Lipinski definition) is 5. The van der Waals surface area contributed by atoms with Crippen molar-refractivity contribution in [1.82, 2.24) is 20.4 Å². The second kappa shape index (κ2) is 8.92. The van der Waals surface area contributed by atoms with Gasteiger partial charge in [-0.25, -0.2) is 4.39 Å². The number of nitrogens with one attached hydrogen (secondary N) is 1. The van der Waals surface area contributed by atoms with Crippen molar-refractivity contribution in [3.63, 3.8) is 0 Å². The molecule has 1 aliphatic heterocycles. The van der Waals surface area contributed by atoms with Crippen LogP contribution in [0.5, 0.6) is 0 Å². The van der Waals surface area contributed by atoms with Crippen LogP contribution in [-0.2, 0) is 11.2 Å². The minimum Gasteiger partial charge on any atom is -0.341 e. The molecule has 2 aromatic rings. The number of aromatic nitrogens is 2. The van der Waals surface area contributed by atoms with Crippen molar-refractivity contribution in [2.75, 3.05) is 26.2 Å². The lowest BCUT2D eigenvalue weighted by molar-refractivity contribution is -0.131. The van der Waals surface area contributed by atoms with Crippen LogP contribution in [-0.4, -0.2) is 47.1 Å². The van der Waals surface area contributed by atoms with Gasteiger partial charge in [0.2, 0.25) is 17.6 Å². The Bertz CT molecular complexity index is 714. The molecule has 0 unspecified atom stereocenters. The van der Waals surface area contributed by atoms with Gasteiger partial charge in [0.05, 0.1) is 0 Å².